The molecule has 0 N–H and O–H groups in total. The minimum Gasteiger partial charge on any atom is -0.298 e. The van der Waals surface area contributed by atoms with E-state index in [0.717, 1.165) is 6.29 Å². The lowest BCUT2D eigenvalue weighted by Crippen LogP contribution is -1.84. The Balaban J connectivity index is 2.78. The summed E-state index contributed by atoms with van der Waals surface area (Å²) in [6.45, 7) is 0. The maximum Gasteiger partial charge on any atom is 0.150 e. The van der Waals surface area contributed by atoms with Gasteiger partial charge in [-0.2, -0.15) is 5.26 Å². The molecule has 0 aliphatic carbocycles. The number of pyridine rings is 1. The second kappa shape index (κ2) is 4.83. The van der Waals surface area contributed by atoms with E-state index in [1.807, 2.05) is 6.07 Å². The van der Waals surface area contributed by atoms with Crippen molar-refractivity contribution in [3.8, 4) is 6.07 Å². The summed E-state index contributed by atoms with van der Waals surface area (Å²) in [7, 11) is 0. The van der Waals surface area contributed by atoms with E-state index in [0.29, 0.717) is 17.7 Å². The Kier molecular flexibility index (Phi) is 3.40. The first kappa shape index (κ1) is 9.14. The summed E-state index contributed by atoms with van der Waals surface area (Å²) in [5.74, 6) is 0. The fraction of sp³-hybridized carbons (Fsp3) is 0.100. The monoisotopic (exact) mass is 172 g/mol. The van der Waals surface area contributed by atoms with Crippen LogP contribution in [0.25, 0.3) is 6.08 Å². The highest BCUT2D eigenvalue weighted by Crippen LogP contribution is 2.01. The van der Waals surface area contributed by atoms with Gasteiger partial charge in [0.25, 0.3) is 0 Å². The molecule has 0 fully saturated rings. The predicted molar refractivity (Wildman–Crippen MR) is 48.9 cm³/mol. The molecule has 1 rings (SSSR count). The molecule has 0 saturated carbocycles. The standard InChI is InChI=1S/C10H8N2O/c11-5-2-1-3-10-7-9(8-13)4-6-12-10/h1,3-4,6-8H,2H2. The molecule has 0 radical (unpaired) electrons. The van der Waals surface area contributed by atoms with Crippen molar-refractivity contribution in [2.75, 3.05) is 0 Å². The Morgan fingerprint density at radius 2 is 2.46 bits per heavy atom. The van der Waals surface area contributed by atoms with E-state index < -0.39 is 0 Å². The normalized spacial score (nSPS) is 9.77. The molecule has 1 aromatic rings. The maximum absolute atomic E-state index is 10.4. The molecule has 0 aliphatic heterocycles. The summed E-state index contributed by atoms with van der Waals surface area (Å²) in [4.78, 5) is 14.4. The third kappa shape index (κ3) is 2.88. The van der Waals surface area contributed by atoms with Gasteiger partial charge in [-0.1, -0.05) is 6.08 Å². The van der Waals surface area contributed by atoms with Gasteiger partial charge >= 0.3 is 0 Å². The number of carbonyl (C=O) groups is 1. The largest absolute Gasteiger partial charge is 0.298 e. The molecule has 0 aliphatic rings. The van der Waals surface area contributed by atoms with Gasteiger partial charge in [0, 0.05) is 11.8 Å². The van der Waals surface area contributed by atoms with E-state index in [9.17, 15) is 4.79 Å². The molecule has 0 aromatic carbocycles. The highest BCUT2D eigenvalue weighted by molar-refractivity contribution is 5.75. The summed E-state index contributed by atoms with van der Waals surface area (Å²) in [6.07, 6.45) is 6.11. The maximum atomic E-state index is 10.4. The smallest absolute Gasteiger partial charge is 0.150 e. The number of nitrogens with zero attached hydrogens (tertiary/aromatic N) is 2. The van der Waals surface area contributed by atoms with Gasteiger partial charge in [0.2, 0.25) is 0 Å². The van der Waals surface area contributed by atoms with Crippen molar-refractivity contribution in [3.05, 3.63) is 35.7 Å². The molecule has 0 spiro atoms. The van der Waals surface area contributed by atoms with Crippen LogP contribution in [-0.2, 0) is 0 Å². The molecule has 13 heavy (non-hydrogen) atoms. The highest BCUT2D eigenvalue weighted by Gasteiger charge is 1.90. The molecule has 0 unspecified atom stereocenters. The van der Waals surface area contributed by atoms with E-state index in [4.69, 9.17) is 5.26 Å². The average Bonchev–Trinajstić information content (AvgIpc) is 2.19. The topological polar surface area (TPSA) is 53.8 Å². The van der Waals surface area contributed by atoms with Crippen molar-refractivity contribution in [3.63, 3.8) is 0 Å². The number of rotatable bonds is 3. The van der Waals surface area contributed by atoms with Crippen LogP contribution in [0, 0.1) is 11.3 Å². The van der Waals surface area contributed by atoms with Crippen molar-refractivity contribution in [1.29, 1.82) is 5.26 Å². The van der Waals surface area contributed by atoms with Crippen molar-refractivity contribution in [2.45, 2.75) is 6.42 Å². The van der Waals surface area contributed by atoms with Crippen molar-refractivity contribution in [1.82, 2.24) is 4.98 Å². The molecule has 64 valence electrons. The number of nitriles is 1. The van der Waals surface area contributed by atoms with Crippen LogP contribution in [0.3, 0.4) is 0 Å². The Morgan fingerprint density at radius 3 is 3.15 bits per heavy atom. The zero-order chi connectivity index (χ0) is 9.52. The Morgan fingerprint density at radius 1 is 1.62 bits per heavy atom. The minimum absolute atomic E-state index is 0.354. The second-order valence-electron chi connectivity index (χ2n) is 2.40. The fourth-order valence-electron chi connectivity index (χ4n) is 0.862. The predicted octanol–water partition coefficient (Wildman–Crippen LogP) is 1.82. The van der Waals surface area contributed by atoms with E-state index in [1.165, 1.54) is 0 Å². The first-order valence-corrected chi connectivity index (χ1v) is 3.81. The molecular formula is C10H8N2O. The molecule has 3 heteroatoms. The van der Waals surface area contributed by atoms with Gasteiger partial charge in [0.05, 0.1) is 18.2 Å². The summed E-state index contributed by atoms with van der Waals surface area (Å²) < 4.78 is 0. The summed E-state index contributed by atoms with van der Waals surface area (Å²) >= 11 is 0. The van der Waals surface area contributed by atoms with E-state index >= 15 is 0 Å². The van der Waals surface area contributed by atoms with Gasteiger partial charge in [-0.25, -0.2) is 0 Å². The Bertz CT molecular complexity index is 363. The number of aldehydes is 1. The van der Waals surface area contributed by atoms with Crippen molar-refractivity contribution < 1.29 is 4.79 Å². The SMILES string of the molecule is N#CCC=Cc1cc(C=O)ccn1. The van der Waals surface area contributed by atoms with Crippen LogP contribution in [0.1, 0.15) is 22.5 Å². The van der Waals surface area contributed by atoms with Gasteiger partial charge in [-0.3, -0.25) is 9.78 Å². The lowest BCUT2D eigenvalue weighted by molar-refractivity contribution is 0.112. The molecule has 0 bridgehead atoms. The lowest BCUT2D eigenvalue weighted by atomic mass is 10.2. The van der Waals surface area contributed by atoms with E-state index in [1.54, 1.807) is 30.5 Å². The minimum atomic E-state index is 0.354. The van der Waals surface area contributed by atoms with E-state index in [2.05, 4.69) is 4.98 Å². The van der Waals surface area contributed by atoms with Crippen LogP contribution in [0.5, 0.6) is 0 Å². The van der Waals surface area contributed by atoms with Crippen molar-refractivity contribution in [2.24, 2.45) is 0 Å². The first-order valence-electron chi connectivity index (χ1n) is 3.81. The van der Waals surface area contributed by atoms with Gasteiger partial charge < -0.3 is 0 Å². The molecule has 1 heterocycles. The Labute approximate surface area is 76.3 Å². The first-order chi connectivity index (χ1) is 6.36. The van der Waals surface area contributed by atoms with Crippen molar-refractivity contribution >= 4 is 12.4 Å². The number of aromatic nitrogens is 1. The van der Waals surface area contributed by atoms with Crippen LogP contribution in [0.15, 0.2) is 24.4 Å². The van der Waals surface area contributed by atoms with E-state index in [-0.39, 0.29) is 0 Å². The number of hydrogen-bond donors (Lipinski definition) is 0. The van der Waals surface area contributed by atoms with Crippen LogP contribution >= 0.6 is 0 Å². The molecular weight excluding hydrogens is 164 g/mol. The number of carbonyl (C=O) groups excluding carboxylic acids is 1. The molecule has 0 atom stereocenters. The van der Waals surface area contributed by atoms with Gasteiger partial charge in [-0.05, 0) is 18.2 Å². The molecule has 3 nitrogen and oxygen atoms in total. The quantitative estimate of drug-likeness (QED) is 0.653. The third-order valence-corrected chi connectivity index (χ3v) is 1.44. The van der Waals surface area contributed by atoms with Gasteiger partial charge in [0.15, 0.2) is 0 Å². The van der Waals surface area contributed by atoms with Gasteiger partial charge in [-0.15, -0.1) is 0 Å². The number of allylic oxidation sites excluding steroid dienone is 1. The van der Waals surface area contributed by atoms with Crippen LogP contribution in [0.2, 0.25) is 0 Å². The number of hydrogen-bond acceptors (Lipinski definition) is 3. The zero-order valence-electron chi connectivity index (χ0n) is 6.97. The molecule has 0 saturated heterocycles. The third-order valence-electron chi connectivity index (χ3n) is 1.44. The molecule has 0 amide bonds. The summed E-state index contributed by atoms with van der Waals surface area (Å²) in [6, 6.07) is 5.28. The Hall–Kier alpha value is -1.95. The fourth-order valence-corrected chi connectivity index (χ4v) is 0.862. The van der Waals surface area contributed by atoms with Crippen LogP contribution in [-0.4, -0.2) is 11.3 Å². The highest BCUT2D eigenvalue weighted by atomic mass is 16.1. The summed E-state index contributed by atoms with van der Waals surface area (Å²) in [5.41, 5.74) is 1.28. The second-order valence-corrected chi connectivity index (χ2v) is 2.40. The lowest BCUT2D eigenvalue weighted by Gasteiger charge is -1.92. The average molecular weight is 172 g/mol. The molecule has 1 aromatic heterocycles. The zero-order valence-corrected chi connectivity index (χ0v) is 6.97. The van der Waals surface area contributed by atoms with Gasteiger partial charge in [0.1, 0.15) is 6.29 Å². The summed E-state index contributed by atoms with van der Waals surface area (Å²) in [5, 5.41) is 8.27. The van der Waals surface area contributed by atoms with Crippen LogP contribution in [0.4, 0.5) is 0 Å². The van der Waals surface area contributed by atoms with Crippen LogP contribution < -0.4 is 0 Å².